The Morgan fingerprint density at radius 3 is 2.85 bits per heavy atom. The van der Waals surface area contributed by atoms with Gasteiger partial charge in [0.05, 0.1) is 11.6 Å². The molecule has 2 rings (SSSR count). The number of hydrogen-bond acceptors (Lipinski definition) is 4. The zero-order valence-corrected chi connectivity index (χ0v) is 13.2. The van der Waals surface area contributed by atoms with Crippen LogP contribution >= 0.6 is 11.3 Å². The molecule has 108 valence electrons. The van der Waals surface area contributed by atoms with Crippen molar-refractivity contribution in [3.8, 4) is 5.75 Å². The zero-order valence-electron chi connectivity index (χ0n) is 12.3. The number of aromatic nitrogens is 1. The van der Waals surface area contributed by atoms with Gasteiger partial charge in [-0.15, -0.1) is 11.3 Å². The van der Waals surface area contributed by atoms with E-state index < -0.39 is 0 Å². The minimum Gasteiger partial charge on any atom is -0.493 e. The molecule has 0 amide bonds. The largest absolute Gasteiger partial charge is 0.493 e. The topological polar surface area (TPSA) is 34.2 Å². The maximum atomic E-state index is 5.92. The first kappa shape index (κ1) is 15.0. The number of rotatable bonds is 7. The van der Waals surface area contributed by atoms with Crippen LogP contribution in [-0.2, 0) is 13.0 Å². The van der Waals surface area contributed by atoms with Crippen LogP contribution in [0.25, 0.3) is 0 Å². The first-order valence-electron chi connectivity index (χ1n) is 7.00. The predicted molar refractivity (Wildman–Crippen MR) is 84.6 cm³/mol. The number of benzene rings is 1. The molecular weight excluding hydrogens is 268 g/mol. The summed E-state index contributed by atoms with van der Waals surface area (Å²) >= 11 is 1.75. The number of hydrogen-bond donors (Lipinski definition) is 1. The molecule has 0 atom stereocenters. The van der Waals surface area contributed by atoms with Gasteiger partial charge in [0.2, 0.25) is 0 Å². The van der Waals surface area contributed by atoms with Crippen molar-refractivity contribution >= 4 is 11.3 Å². The molecule has 1 aromatic carbocycles. The molecule has 0 spiro atoms. The van der Waals surface area contributed by atoms with E-state index >= 15 is 0 Å². The first-order chi connectivity index (χ1) is 9.70. The highest BCUT2D eigenvalue weighted by Gasteiger charge is 2.07. The number of nitrogens with one attached hydrogen (secondary N) is 1. The van der Waals surface area contributed by atoms with E-state index in [1.54, 1.807) is 11.3 Å². The summed E-state index contributed by atoms with van der Waals surface area (Å²) < 4.78 is 5.92. The number of para-hydroxylation sites is 1. The molecule has 0 saturated carbocycles. The maximum absolute atomic E-state index is 5.92. The Bertz CT molecular complexity index is 537. The van der Waals surface area contributed by atoms with Gasteiger partial charge in [-0.3, -0.25) is 0 Å². The van der Waals surface area contributed by atoms with Crippen LogP contribution < -0.4 is 10.1 Å². The zero-order chi connectivity index (χ0) is 14.4. The molecule has 0 saturated heterocycles. The Morgan fingerprint density at radius 2 is 2.10 bits per heavy atom. The van der Waals surface area contributed by atoms with Crippen LogP contribution in [0, 0.1) is 0 Å². The minimum atomic E-state index is 0.480. The van der Waals surface area contributed by atoms with E-state index in [0.29, 0.717) is 12.5 Å². The molecule has 20 heavy (non-hydrogen) atoms. The van der Waals surface area contributed by atoms with Crippen molar-refractivity contribution < 1.29 is 4.74 Å². The Kier molecular flexibility index (Phi) is 5.56. The summed E-state index contributed by atoms with van der Waals surface area (Å²) in [5, 5.41) is 4.27. The van der Waals surface area contributed by atoms with Crippen LogP contribution in [0.4, 0.5) is 0 Å². The van der Waals surface area contributed by atoms with Crippen LogP contribution in [0.1, 0.15) is 35.2 Å². The Hall–Kier alpha value is -1.39. The molecule has 0 aliphatic carbocycles. The van der Waals surface area contributed by atoms with Crippen LogP contribution in [0.5, 0.6) is 5.75 Å². The third-order valence-corrected chi connectivity index (χ3v) is 4.12. The van der Waals surface area contributed by atoms with Crippen molar-refractivity contribution in [1.29, 1.82) is 0 Å². The van der Waals surface area contributed by atoms with Gasteiger partial charge in [-0.1, -0.05) is 32.0 Å². The van der Waals surface area contributed by atoms with Gasteiger partial charge in [0.15, 0.2) is 0 Å². The normalized spacial score (nSPS) is 11.0. The predicted octanol–water partition coefficient (Wildman–Crippen LogP) is 3.61. The summed E-state index contributed by atoms with van der Waals surface area (Å²) in [6, 6.07) is 8.26. The SMILES string of the molecule is CNCc1cnc(CCOc2ccccc2C(C)C)s1. The Morgan fingerprint density at radius 1 is 1.30 bits per heavy atom. The molecule has 0 bridgehead atoms. The van der Waals surface area contributed by atoms with E-state index in [1.165, 1.54) is 10.4 Å². The second-order valence-electron chi connectivity index (χ2n) is 5.04. The third-order valence-electron chi connectivity index (χ3n) is 3.07. The van der Waals surface area contributed by atoms with Crippen molar-refractivity contribution in [2.45, 2.75) is 32.7 Å². The summed E-state index contributed by atoms with van der Waals surface area (Å²) in [7, 11) is 1.95. The van der Waals surface area contributed by atoms with Crippen molar-refractivity contribution in [1.82, 2.24) is 10.3 Å². The van der Waals surface area contributed by atoms with Gasteiger partial charge in [-0.05, 0) is 24.6 Å². The molecule has 0 aliphatic rings. The van der Waals surface area contributed by atoms with Crippen LogP contribution in [-0.4, -0.2) is 18.6 Å². The fraction of sp³-hybridized carbons (Fsp3) is 0.438. The van der Waals surface area contributed by atoms with Crippen LogP contribution in [0.3, 0.4) is 0 Å². The van der Waals surface area contributed by atoms with E-state index in [1.807, 2.05) is 25.4 Å². The molecule has 0 radical (unpaired) electrons. The van der Waals surface area contributed by atoms with E-state index in [2.05, 4.69) is 36.3 Å². The molecule has 0 aliphatic heterocycles. The molecule has 1 heterocycles. The van der Waals surface area contributed by atoms with Crippen molar-refractivity contribution in [3.63, 3.8) is 0 Å². The summed E-state index contributed by atoms with van der Waals surface area (Å²) in [4.78, 5) is 5.69. The molecule has 4 heteroatoms. The van der Waals surface area contributed by atoms with Crippen molar-refractivity contribution in [2.75, 3.05) is 13.7 Å². The standard InChI is InChI=1S/C16H22N2OS/c1-12(2)14-6-4-5-7-15(14)19-9-8-16-18-11-13(20-16)10-17-3/h4-7,11-12,17H,8-10H2,1-3H3. The first-order valence-corrected chi connectivity index (χ1v) is 7.82. The second kappa shape index (κ2) is 7.41. The highest BCUT2D eigenvalue weighted by Crippen LogP contribution is 2.26. The van der Waals surface area contributed by atoms with Crippen molar-refractivity contribution in [3.05, 3.63) is 45.9 Å². The third kappa shape index (κ3) is 4.05. The summed E-state index contributed by atoms with van der Waals surface area (Å²) in [5.74, 6) is 1.47. The maximum Gasteiger partial charge on any atom is 0.122 e. The van der Waals surface area contributed by atoms with E-state index in [9.17, 15) is 0 Å². The van der Waals surface area contributed by atoms with Crippen LogP contribution in [0.2, 0.25) is 0 Å². The van der Waals surface area contributed by atoms with Gasteiger partial charge in [-0.2, -0.15) is 0 Å². The van der Waals surface area contributed by atoms with E-state index in [0.717, 1.165) is 23.7 Å². The van der Waals surface area contributed by atoms with Crippen LogP contribution in [0.15, 0.2) is 30.5 Å². The molecule has 0 fully saturated rings. The van der Waals surface area contributed by atoms with Gasteiger partial charge in [0, 0.05) is 24.0 Å². The molecule has 2 aromatic rings. The lowest BCUT2D eigenvalue weighted by molar-refractivity contribution is 0.317. The quantitative estimate of drug-likeness (QED) is 0.846. The molecule has 1 aromatic heterocycles. The molecule has 3 nitrogen and oxygen atoms in total. The lowest BCUT2D eigenvalue weighted by Crippen LogP contribution is -2.04. The van der Waals surface area contributed by atoms with E-state index in [4.69, 9.17) is 4.74 Å². The van der Waals surface area contributed by atoms with Gasteiger partial charge in [0.25, 0.3) is 0 Å². The molecule has 0 unspecified atom stereocenters. The summed E-state index contributed by atoms with van der Waals surface area (Å²) in [5.41, 5.74) is 1.27. The number of thiazole rings is 1. The fourth-order valence-corrected chi connectivity index (χ4v) is 2.97. The van der Waals surface area contributed by atoms with Gasteiger partial charge >= 0.3 is 0 Å². The Balaban J connectivity index is 1.89. The minimum absolute atomic E-state index is 0.480. The Labute approximate surface area is 125 Å². The summed E-state index contributed by atoms with van der Waals surface area (Å²) in [6.45, 7) is 5.94. The highest BCUT2D eigenvalue weighted by molar-refractivity contribution is 7.11. The summed E-state index contributed by atoms with van der Waals surface area (Å²) in [6.07, 6.45) is 2.80. The van der Waals surface area contributed by atoms with Crippen molar-refractivity contribution in [2.24, 2.45) is 0 Å². The monoisotopic (exact) mass is 290 g/mol. The highest BCUT2D eigenvalue weighted by atomic mass is 32.1. The number of ether oxygens (including phenoxy) is 1. The smallest absolute Gasteiger partial charge is 0.122 e. The fourth-order valence-electron chi connectivity index (χ4n) is 2.06. The average Bonchev–Trinajstić information content (AvgIpc) is 2.87. The van der Waals surface area contributed by atoms with Gasteiger partial charge in [-0.25, -0.2) is 4.98 Å². The van der Waals surface area contributed by atoms with Gasteiger partial charge in [0.1, 0.15) is 5.75 Å². The lowest BCUT2D eigenvalue weighted by Gasteiger charge is -2.13. The lowest BCUT2D eigenvalue weighted by atomic mass is 10.0. The van der Waals surface area contributed by atoms with E-state index in [-0.39, 0.29) is 0 Å². The molecule has 1 N–H and O–H groups in total. The average molecular weight is 290 g/mol. The van der Waals surface area contributed by atoms with Gasteiger partial charge < -0.3 is 10.1 Å². The second-order valence-corrected chi connectivity index (χ2v) is 6.24. The number of nitrogens with zero attached hydrogens (tertiary/aromatic N) is 1. The molecular formula is C16H22N2OS.